The maximum atomic E-state index is 14.6. The first-order valence-electron chi connectivity index (χ1n) is 8.71. The molecule has 3 rings (SSSR count). The zero-order chi connectivity index (χ0) is 20.4. The smallest absolute Gasteiger partial charge is 0.351 e. The molecule has 1 heterocycles. The van der Waals surface area contributed by atoms with Crippen molar-refractivity contribution in [3.63, 3.8) is 0 Å². The summed E-state index contributed by atoms with van der Waals surface area (Å²) < 4.78 is 22.6. The summed E-state index contributed by atoms with van der Waals surface area (Å²) in [6.45, 7) is 5.38. The SMILES string of the molecule is Cc1nn(-c2cc(OCc3ccccc3)c(C(=O)O)cc2F)c(=O)n1C(C)C. The number of aromatic carboxylic acids is 1. The molecule has 0 saturated heterocycles. The van der Waals surface area contributed by atoms with Crippen molar-refractivity contribution < 1.29 is 19.0 Å². The second kappa shape index (κ2) is 7.67. The van der Waals surface area contributed by atoms with Gasteiger partial charge in [0.2, 0.25) is 0 Å². The first-order chi connectivity index (χ1) is 13.3. The maximum Gasteiger partial charge on any atom is 0.351 e. The largest absolute Gasteiger partial charge is 0.488 e. The van der Waals surface area contributed by atoms with Crippen molar-refractivity contribution in [3.8, 4) is 11.4 Å². The van der Waals surface area contributed by atoms with Crippen LogP contribution < -0.4 is 10.4 Å². The number of rotatable bonds is 6. The highest BCUT2D eigenvalue weighted by Crippen LogP contribution is 2.26. The molecule has 0 aliphatic heterocycles. The van der Waals surface area contributed by atoms with E-state index in [0.29, 0.717) is 5.82 Å². The van der Waals surface area contributed by atoms with Crippen molar-refractivity contribution in [2.24, 2.45) is 0 Å². The first kappa shape index (κ1) is 19.3. The predicted octanol–water partition coefficient (Wildman–Crippen LogP) is 3.34. The van der Waals surface area contributed by atoms with Gasteiger partial charge in [-0.15, -0.1) is 0 Å². The van der Waals surface area contributed by atoms with E-state index in [-0.39, 0.29) is 29.6 Å². The number of aryl methyl sites for hydroxylation is 1. The fourth-order valence-electron chi connectivity index (χ4n) is 2.95. The van der Waals surface area contributed by atoms with E-state index in [4.69, 9.17) is 4.74 Å². The van der Waals surface area contributed by atoms with Crippen LogP contribution in [0.2, 0.25) is 0 Å². The summed E-state index contributed by atoms with van der Waals surface area (Å²) in [5.74, 6) is -1.82. The highest BCUT2D eigenvalue weighted by molar-refractivity contribution is 5.91. The highest BCUT2D eigenvalue weighted by atomic mass is 19.1. The van der Waals surface area contributed by atoms with Crippen LogP contribution in [0.3, 0.4) is 0 Å². The average Bonchev–Trinajstić information content (AvgIpc) is 2.95. The Bertz CT molecular complexity index is 1070. The standard InChI is InChI=1S/C20H20FN3O4/c1-12(2)23-13(3)22-24(20(23)27)17-10-18(15(19(25)26)9-16(17)21)28-11-14-7-5-4-6-8-14/h4-10,12H,11H2,1-3H3,(H,25,26). The molecular weight excluding hydrogens is 365 g/mol. The van der Waals surface area contributed by atoms with Crippen LogP contribution in [0.4, 0.5) is 4.39 Å². The second-order valence-corrected chi connectivity index (χ2v) is 6.58. The van der Waals surface area contributed by atoms with Crippen LogP contribution in [0.25, 0.3) is 5.69 Å². The summed E-state index contributed by atoms with van der Waals surface area (Å²) >= 11 is 0. The van der Waals surface area contributed by atoms with Gasteiger partial charge in [0.15, 0.2) is 0 Å². The molecule has 7 nitrogen and oxygen atoms in total. The molecule has 0 radical (unpaired) electrons. The number of ether oxygens (including phenoxy) is 1. The van der Waals surface area contributed by atoms with Crippen LogP contribution in [-0.2, 0) is 6.61 Å². The molecule has 2 aromatic carbocycles. The van der Waals surface area contributed by atoms with Crippen molar-refractivity contribution in [2.45, 2.75) is 33.4 Å². The Labute approximate surface area is 160 Å². The molecule has 0 bridgehead atoms. The van der Waals surface area contributed by atoms with Gasteiger partial charge >= 0.3 is 11.7 Å². The lowest BCUT2D eigenvalue weighted by Crippen LogP contribution is -2.26. The zero-order valence-corrected chi connectivity index (χ0v) is 15.7. The number of hydrogen-bond donors (Lipinski definition) is 1. The molecule has 0 unspecified atom stereocenters. The fraction of sp³-hybridized carbons (Fsp3) is 0.250. The molecular formula is C20H20FN3O4. The zero-order valence-electron chi connectivity index (χ0n) is 15.7. The van der Waals surface area contributed by atoms with E-state index in [1.165, 1.54) is 10.6 Å². The number of carboxylic acid groups (broad SMARTS) is 1. The molecule has 0 spiro atoms. The van der Waals surface area contributed by atoms with Crippen molar-refractivity contribution in [1.29, 1.82) is 0 Å². The van der Waals surface area contributed by atoms with Gasteiger partial charge in [-0.25, -0.2) is 14.0 Å². The Morgan fingerprint density at radius 2 is 1.93 bits per heavy atom. The van der Waals surface area contributed by atoms with Gasteiger partial charge in [-0.3, -0.25) is 4.57 Å². The molecule has 1 N–H and O–H groups in total. The lowest BCUT2D eigenvalue weighted by atomic mass is 10.1. The van der Waals surface area contributed by atoms with Crippen molar-refractivity contribution in [2.75, 3.05) is 0 Å². The Balaban J connectivity index is 2.07. The van der Waals surface area contributed by atoms with Gasteiger partial charge in [0.1, 0.15) is 35.2 Å². The minimum absolute atomic E-state index is 0.0450. The van der Waals surface area contributed by atoms with Gasteiger partial charge in [0.05, 0.1) is 0 Å². The number of aromatic nitrogens is 3. The Morgan fingerprint density at radius 3 is 2.50 bits per heavy atom. The maximum absolute atomic E-state index is 14.6. The quantitative estimate of drug-likeness (QED) is 0.703. The van der Waals surface area contributed by atoms with Gasteiger partial charge in [-0.1, -0.05) is 30.3 Å². The molecule has 0 amide bonds. The Kier molecular flexibility index (Phi) is 5.30. The van der Waals surface area contributed by atoms with Crippen LogP contribution in [0.1, 0.15) is 41.6 Å². The molecule has 0 aliphatic rings. The van der Waals surface area contributed by atoms with Gasteiger partial charge < -0.3 is 9.84 Å². The van der Waals surface area contributed by atoms with Gasteiger partial charge in [0.25, 0.3) is 0 Å². The third-order valence-corrected chi connectivity index (χ3v) is 4.24. The summed E-state index contributed by atoms with van der Waals surface area (Å²) in [7, 11) is 0. The van der Waals surface area contributed by atoms with Crippen molar-refractivity contribution in [3.05, 3.63) is 75.7 Å². The van der Waals surface area contributed by atoms with Crippen LogP contribution in [0.5, 0.6) is 5.75 Å². The fourth-order valence-corrected chi connectivity index (χ4v) is 2.95. The van der Waals surface area contributed by atoms with Gasteiger partial charge in [-0.05, 0) is 32.4 Å². The van der Waals surface area contributed by atoms with Crippen molar-refractivity contribution in [1.82, 2.24) is 14.3 Å². The lowest BCUT2D eigenvalue weighted by Gasteiger charge is -2.12. The minimum Gasteiger partial charge on any atom is -0.488 e. The molecule has 1 aromatic heterocycles. The van der Waals surface area contributed by atoms with E-state index in [0.717, 1.165) is 16.3 Å². The summed E-state index contributed by atoms with van der Waals surface area (Å²) in [5, 5.41) is 13.5. The van der Waals surface area contributed by atoms with E-state index >= 15 is 0 Å². The third-order valence-electron chi connectivity index (χ3n) is 4.24. The normalized spacial score (nSPS) is 11.0. The number of carboxylic acids is 1. The molecule has 0 fully saturated rings. The van der Waals surface area contributed by atoms with E-state index in [9.17, 15) is 19.1 Å². The first-order valence-corrected chi connectivity index (χ1v) is 8.71. The number of benzene rings is 2. The van der Waals surface area contributed by atoms with Crippen LogP contribution >= 0.6 is 0 Å². The van der Waals surface area contributed by atoms with Crippen molar-refractivity contribution >= 4 is 5.97 Å². The molecule has 28 heavy (non-hydrogen) atoms. The Morgan fingerprint density at radius 1 is 1.25 bits per heavy atom. The highest BCUT2D eigenvalue weighted by Gasteiger charge is 2.21. The van der Waals surface area contributed by atoms with Gasteiger partial charge in [-0.2, -0.15) is 9.78 Å². The van der Waals surface area contributed by atoms with E-state index in [1.807, 2.05) is 44.2 Å². The van der Waals surface area contributed by atoms with E-state index in [1.54, 1.807) is 6.92 Å². The van der Waals surface area contributed by atoms with Gasteiger partial charge in [0, 0.05) is 12.1 Å². The van der Waals surface area contributed by atoms with E-state index in [2.05, 4.69) is 5.10 Å². The molecule has 146 valence electrons. The number of halogens is 1. The number of carbonyl (C=O) groups is 1. The predicted molar refractivity (Wildman–Crippen MR) is 101 cm³/mol. The number of hydrogen-bond acceptors (Lipinski definition) is 4. The van der Waals surface area contributed by atoms with Crippen LogP contribution in [-0.4, -0.2) is 25.4 Å². The van der Waals surface area contributed by atoms with Crippen LogP contribution in [0, 0.1) is 12.7 Å². The summed E-state index contributed by atoms with van der Waals surface area (Å²) in [4.78, 5) is 24.1. The number of nitrogens with zero attached hydrogens (tertiary/aromatic N) is 3. The molecule has 0 atom stereocenters. The Hall–Kier alpha value is -3.42. The lowest BCUT2D eigenvalue weighted by molar-refractivity contribution is 0.0691. The topological polar surface area (TPSA) is 86.4 Å². The molecule has 0 aliphatic carbocycles. The summed E-state index contributed by atoms with van der Waals surface area (Å²) in [6.07, 6.45) is 0. The molecule has 8 heteroatoms. The average molecular weight is 385 g/mol. The monoisotopic (exact) mass is 385 g/mol. The molecule has 0 saturated carbocycles. The second-order valence-electron chi connectivity index (χ2n) is 6.58. The van der Waals surface area contributed by atoms with E-state index < -0.39 is 17.5 Å². The summed E-state index contributed by atoms with van der Waals surface area (Å²) in [5.41, 5.74) is -0.184. The third kappa shape index (κ3) is 3.66. The summed E-state index contributed by atoms with van der Waals surface area (Å²) in [6, 6.07) is 11.0. The van der Waals surface area contributed by atoms with Crippen LogP contribution in [0.15, 0.2) is 47.3 Å². The minimum atomic E-state index is -1.33. The molecule has 3 aromatic rings.